The van der Waals surface area contributed by atoms with Gasteiger partial charge in [-0.15, -0.1) is 0 Å². The van der Waals surface area contributed by atoms with E-state index in [0.717, 1.165) is 6.54 Å². The van der Waals surface area contributed by atoms with Crippen LogP contribution in [0.25, 0.3) is 0 Å². The van der Waals surface area contributed by atoms with Gasteiger partial charge >= 0.3 is 0 Å². The van der Waals surface area contributed by atoms with Gasteiger partial charge in [0.1, 0.15) is 12.2 Å². The molecule has 1 aromatic carbocycles. The molecular weight excluding hydrogens is 172 g/mol. The van der Waals surface area contributed by atoms with Gasteiger partial charge in [0.05, 0.1) is 20.0 Å². The van der Waals surface area contributed by atoms with Crippen molar-refractivity contribution in [3.63, 3.8) is 0 Å². The van der Waals surface area contributed by atoms with E-state index in [1.54, 1.807) is 0 Å². The molecule has 2 heterocycles. The first-order chi connectivity index (χ1) is 6.86. The third kappa shape index (κ3) is 0.999. The fraction of sp³-hybridized carbons (Fsp3) is 0.417. The predicted octanol–water partition coefficient (Wildman–Crippen LogP) is 1.84. The molecule has 72 valence electrons. The molecule has 2 nitrogen and oxygen atoms in total. The summed E-state index contributed by atoms with van der Waals surface area (Å²) in [7, 11) is 2.19. The van der Waals surface area contributed by atoms with Gasteiger partial charge in [-0.2, -0.15) is 0 Å². The summed E-state index contributed by atoms with van der Waals surface area (Å²) in [6.07, 6.45) is 2.55. The largest absolute Gasteiger partial charge is 0.261 e. The maximum Gasteiger partial charge on any atom is 0.252 e. The normalized spacial score (nSPS) is 19.6. The molecule has 0 saturated carbocycles. The van der Waals surface area contributed by atoms with Crippen LogP contribution in [0, 0.1) is 0 Å². The maximum absolute atomic E-state index is 2.50. The molecule has 0 unspecified atom stereocenters. The number of hydrogen-bond acceptors (Lipinski definition) is 1. The average molecular weight is 187 g/mol. The first-order valence-corrected chi connectivity index (χ1v) is 5.28. The summed E-state index contributed by atoms with van der Waals surface area (Å²) in [5.41, 5.74) is 2.85. The molecule has 0 radical (unpaired) electrons. The quantitative estimate of drug-likeness (QED) is 0.562. The lowest BCUT2D eigenvalue weighted by Crippen LogP contribution is -2.36. The van der Waals surface area contributed by atoms with Gasteiger partial charge in [0.25, 0.3) is 5.84 Å². The zero-order valence-electron chi connectivity index (χ0n) is 8.53. The zero-order chi connectivity index (χ0) is 9.54. The Morgan fingerprint density at radius 1 is 1.29 bits per heavy atom. The van der Waals surface area contributed by atoms with E-state index in [9.17, 15) is 0 Å². The number of benzene rings is 1. The number of rotatable bonds is 0. The van der Waals surface area contributed by atoms with Gasteiger partial charge in [0.15, 0.2) is 0 Å². The minimum absolute atomic E-state index is 1.11. The molecule has 3 rings (SSSR count). The van der Waals surface area contributed by atoms with E-state index in [2.05, 4.69) is 40.8 Å². The van der Waals surface area contributed by atoms with Gasteiger partial charge in [0, 0.05) is 5.56 Å². The summed E-state index contributed by atoms with van der Waals surface area (Å²) in [4.78, 5) is 2.35. The Morgan fingerprint density at radius 3 is 3.07 bits per heavy atom. The second kappa shape index (κ2) is 2.84. The van der Waals surface area contributed by atoms with Gasteiger partial charge in [-0.05, 0) is 12.5 Å². The molecule has 0 atom stereocenters. The third-order valence-corrected chi connectivity index (χ3v) is 3.29. The monoisotopic (exact) mass is 187 g/mol. The molecule has 1 aromatic rings. The van der Waals surface area contributed by atoms with Crippen LogP contribution in [-0.2, 0) is 6.54 Å². The van der Waals surface area contributed by atoms with Crippen molar-refractivity contribution in [2.45, 2.75) is 19.4 Å². The molecule has 0 N–H and O–H groups in total. The van der Waals surface area contributed by atoms with Crippen molar-refractivity contribution < 1.29 is 4.58 Å². The molecule has 0 fully saturated rings. The molecule has 0 saturated heterocycles. The lowest BCUT2D eigenvalue weighted by Gasteiger charge is -2.22. The molecule has 0 aliphatic carbocycles. The first-order valence-electron chi connectivity index (χ1n) is 5.28. The van der Waals surface area contributed by atoms with Crippen LogP contribution in [0.5, 0.6) is 0 Å². The van der Waals surface area contributed by atoms with Crippen molar-refractivity contribution >= 4 is 11.5 Å². The third-order valence-electron chi connectivity index (χ3n) is 3.29. The minimum atomic E-state index is 1.11. The Balaban J connectivity index is 2.11. The second-order valence-electron chi connectivity index (χ2n) is 4.13. The summed E-state index contributed by atoms with van der Waals surface area (Å²) in [6.45, 7) is 2.34. The van der Waals surface area contributed by atoms with Crippen molar-refractivity contribution in [2.75, 3.05) is 18.5 Å². The minimum Gasteiger partial charge on any atom is -0.261 e. The Kier molecular flexibility index (Phi) is 1.63. The van der Waals surface area contributed by atoms with E-state index in [1.165, 1.54) is 36.5 Å². The van der Waals surface area contributed by atoms with Crippen molar-refractivity contribution in [1.82, 2.24) is 0 Å². The van der Waals surface area contributed by atoms with E-state index in [4.69, 9.17) is 0 Å². The Morgan fingerprint density at radius 2 is 2.14 bits per heavy atom. The van der Waals surface area contributed by atoms with Gasteiger partial charge in [-0.3, -0.25) is 4.58 Å². The van der Waals surface area contributed by atoms with E-state index >= 15 is 0 Å². The number of amidine groups is 1. The number of hydrogen-bond donors (Lipinski definition) is 0. The van der Waals surface area contributed by atoms with Gasteiger partial charge in [-0.25, -0.2) is 4.90 Å². The zero-order valence-corrected chi connectivity index (χ0v) is 8.53. The fourth-order valence-corrected chi connectivity index (χ4v) is 2.58. The first kappa shape index (κ1) is 8.04. The topological polar surface area (TPSA) is 6.25 Å². The number of anilines is 1. The molecule has 0 aromatic heterocycles. The van der Waals surface area contributed by atoms with Crippen molar-refractivity contribution in [1.29, 1.82) is 0 Å². The van der Waals surface area contributed by atoms with E-state index in [1.807, 2.05) is 0 Å². The predicted molar refractivity (Wildman–Crippen MR) is 57.9 cm³/mol. The van der Waals surface area contributed by atoms with Crippen LogP contribution < -0.4 is 4.90 Å². The molecule has 2 aliphatic heterocycles. The number of para-hydroxylation sites is 1. The van der Waals surface area contributed by atoms with Gasteiger partial charge in [-0.1, -0.05) is 18.2 Å². The molecular formula is C12H15N2+. The van der Waals surface area contributed by atoms with Crippen LogP contribution in [0.4, 0.5) is 5.69 Å². The second-order valence-corrected chi connectivity index (χ2v) is 4.13. The van der Waals surface area contributed by atoms with Crippen molar-refractivity contribution in [3.05, 3.63) is 29.8 Å². The number of fused-ring (bicyclic) bond motifs is 1. The van der Waals surface area contributed by atoms with Crippen LogP contribution in [0.1, 0.15) is 18.4 Å². The number of nitrogens with zero attached hydrogens (tertiary/aromatic N) is 2. The van der Waals surface area contributed by atoms with Crippen LogP contribution in [0.15, 0.2) is 24.3 Å². The van der Waals surface area contributed by atoms with Crippen LogP contribution in [0.2, 0.25) is 0 Å². The molecule has 0 bridgehead atoms. The lowest BCUT2D eigenvalue weighted by atomic mass is 10.1. The highest BCUT2D eigenvalue weighted by atomic mass is 15.3. The molecule has 0 spiro atoms. The van der Waals surface area contributed by atoms with Crippen LogP contribution in [-0.4, -0.2) is 24.0 Å². The van der Waals surface area contributed by atoms with Crippen molar-refractivity contribution in [3.8, 4) is 0 Å². The Labute approximate surface area is 84.5 Å². The van der Waals surface area contributed by atoms with E-state index in [-0.39, 0.29) is 0 Å². The summed E-state index contributed by atoms with van der Waals surface area (Å²) < 4.78 is 2.50. The maximum atomic E-state index is 2.50. The SMILES string of the molecule is CN1C2=[N+](CCC2)Cc2ccccc21. The molecule has 2 aliphatic rings. The summed E-state index contributed by atoms with van der Waals surface area (Å²) in [5.74, 6) is 1.50. The summed E-state index contributed by atoms with van der Waals surface area (Å²) >= 11 is 0. The Bertz CT molecular complexity index is 407. The highest BCUT2D eigenvalue weighted by Crippen LogP contribution is 2.27. The molecule has 14 heavy (non-hydrogen) atoms. The van der Waals surface area contributed by atoms with E-state index in [0.29, 0.717) is 0 Å². The summed E-state index contributed by atoms with van der Waals surface area (Å²) in [6, 6.07) is 8.72. The molecule has 0 amide bonds. The summed E-state index contributed by atoms with van der Waals surface area (Å²) in [5, 5.41) is 0. The van der Waals surface area contributed by atoms with Gasteiger partial charge in [0.2, 0.25) is 0 Å². The fourth-order valence-electron chi connectivity index (χ4n) is 2.58. The lowest BCUT2D eigenvalue weighted by molar-refractivity contribution is -0.538. The highest BCUT2D eigenvalue weighted by Gasteiger charge is 2.32. The molecule has 2 heteroatoms. The van der Waals surface area contributed by atoms with Crippen LogP contribution >= 0.6 is 0 Å². The smallest absolute Gasteiger partial charge is 0.252 e. The van der Waals surface area contributed by atoms with Gasteiger partial charge < -0.3 is 0 Å². The average Bonchev–Trinajstić information content (AvgIpc) is 2.66. The highest BCUT2D eigenvalue weighted by molar-refractivity contribution is 5.95. The van der Waals surface area contributed by atoms with Crippen LogP contribution in [0.3, 0.4) is 0 Å². The standard InChI is InChI=1S/C12H15N2/c1-13-11-6-3-2-5-10(11)9-14-8-4-7-12(13)14/h2-3,5-6H,4,7-9H2,1H3/q+1. The van der Waals surface area contributed by atoms with E-state index < -0.39 is 0 Å². The van der Waals surface area contributed by atoms with Crippen molar-refractivity contribution in [2.24, 2.45) is 0 Å². The Hall–Kier alpha value is -1.31.